The van der Waals surface area contributed by atoms with Gasteiger partial charge in [-0.15, -0.1) is 0 Å². The lowest BCUT2D eigenvalue weighted by atomic mass is 10.3. The van der Waals surface area contributed by atoms with Crippen molar-refractivity contribution in [3.8, 4) is 0 Å². The second-order valence-corrected chi connectivity index (χ2v) is 3.93. The molecule has 6 N–H and O–H groups in total. The Morgan fingerprint density at radius 3 is 2.35 bits per heavy atom. The molecule has 1 aromatic rings. The van der Waals surface area contributed by atoms with Crippen molar-refractivity contribution < 1.29 is 14.4 Å². The molecule has 0 saturated carbocycles. The molecule has 0 spiro atoms. The maximum atomic E-state index is 11.4. The molecule has 3 amide bonds. The highest BCUT2D eigenvalue weighted by atomic mass is 16.2. The van der Waals surface area contributed by atoms with Gasteiger partial charge < -0.3 is 26.7 Å². The van der Waals surface area contributed by atoms with E-state index in [4.69, 9.17) is 5.73 Å². The van der Waals surface area contributed by atoms with Crippen LogP contribution in [0.15, 0.2) is 12.5 Å². The fourth-order valence-electron chi connectivity index (χ4n) is 1.31. The molecule has 0 aliphatic rings. The van der Waals surface area contributed by atoms with Gasteiger partial charge in [-0.2, -0.15) is 0 Å². The van der Waals surface area contributed by atoms with E-state index in [1.165, 1.54) is 0 Å². The molecule has 0 atom stereocenters. The van der Waals surface area contributed by atoms with E-state index >= 15 is 0 Å². The third kappa shape index (κ3) is 6.50. The minimum Gasteiger partial charge on any atom is -0.354 e. The molecule has 0 unspecified atom stereocenters. The van der Waals surface area contributed by atoms with Gasteiger partial charge in [0, 0.05) is 24.9 Å². The van der Waals surface area contributed by atoms with E-state index in [0.29, 0.717) is 13.0 Å². The number of rotatable bonds is 8. The Hall–Kier alpha value is -2.42. The largest absolute Gasteiger partial charge is 0.354 e. The second-order valence-electron chi connectivity index (χ2n) is 3.93. The molecule has 1 aromatic heterocycles. The van der Waals surface area contributed by atoms with Crippen LogP contribution in [0.1, 0.15) is 5.69 Å². The number of carbonyl (C=O) groups excluding carboxylic acids is 3. The van der Waals surface area contributed by atoms with E-state index < -0.39 is 11.8 Å². The van der Waals surface area contributed by atoms with E-state index in [9.17, 15) is 14.4 Å². The average Bonchev–Trinajstić information content (AvgIpc) is 2.95. The summed E-state index contributed by atoms with van der Waals surface area (Å²) in [6.45, 7) is -0.0695. The van der Waals surface area contributed by atoms with Crippen molar-refractivity contribution in [2.75, 3.05) is 26.2 Å². The minimum absolute atomic E-state index is 0.139. The predicted molar refractivity (Wildman–Crippen MR) is 70.4 cm³/mol. The first-order chi connectivity index (χ1) is 9.61. The Labute approximate surface area is 115 Å². The summed E-state index contributed by atoms with van der Waals surface area (Å²) in [5, 5.41) is 7.32. The van der Waals surface area contributed by atoms with E-state index in [1.54, 1.807) is 12.5 Å². The van der Waals surface area contributed by atoms with Gasteiger partial charge in [-0.25, -0.2) is 4.98 Å². The van der Waals surface area contributed by atoms with E-state index in [-0.39, 0.29) is 25.5 Å². The molecule has 0 aliphatic carbocycles. The molecule has 9 nitrogen and oxygen atoms in total. The Morgan fingerprint density at radius 2 is 1.75 bits per heavy atom. The zero-order valence-corrected chi connectivity index (χ0v) is 10.9. The maximum absolute atomic E-state index is 11.4. The highest BCUT2D eigenvalue weighted by Crippen LogP contribution is 1.89. The molecule has 0 aromatic carbocycles. The molecular weight excluding hydrogens is 264 g/mol. The topological polar surface area (TPSA) is 142 Å². The molecule has 9 heteroatoms. The summed E-state index contributed by atoms with van der Waals surface area (Å²) < 4.78 is 0. The lowest BCUT2D eigenvalue weighted by Crippen LogP contribution is -2.43. The van der Waals surface area contributed by atoms with Crippen molar-refractivity contribution >= 4 is 17.7 Å². The van der Waals surface area contributed by atoms with Crippen molar-refractivity contribution in [1.29, 1.82) is 0 Å². The Morgan fingerprint density at radius 1 is 1.10 bits per heavy atom. The zero-order chi connectivity index (χ0) is 14.8. The molecular formula is C11H18N6O3. The van der Waals surface area contributed by atoms with Gasteiger partial charge in [0.1, 0.15) is 0 Å². The number of nitrogens with two attached hydrogens (primary N) is 1. The number of aromatic amines is 1. The highest BCUT2D eigenvalue weighted by Gasteiger charge is 2.06. The summed E-state index contributed by atoms with van der Waals surface area (Å²) >= 11 is 0. The van der Waals surface area contributed by atoms with Crippen LogP contribution in [0.25, 0.3) is 0 Å². The average molecular weight is 282 g/mol. The number of H-pyrrole nitrogens is 1. The molecule has 0 saturated heterocycles. The summed E-state index contributed by atoms with van der Waals surface area (Å²) in [5.74, 6) is -1.18. The van der Waals surface area contributed by atoms with Crippen LogP contribution >= 0.6 is 0 Å². The summed E-state index contributed by atoms with van der Waals surface area (Å²) in [5.41, 5.74) is 5.98. The Balaban J connectivity index is 2.07. The number of hydrogen-bond acceptors (Lipinski definition) is 5. The lowest BCUT2D eigenvalue weighted by molar-refractivity contribution is -0.127. The normalized spacial score (nSPS) is 9.85. The smallest absolute Gasteiger partial charge is 0.239 e. The Kier molecular flexibility index (Phi) is 6.76. The van der Waals surface area contributed by atoms with E-state index in [0.717, 1.165) is 5.69 Å². The van der Waals surface area contributed by atoms with Gasteiger partial charge in [0.25, 0.3) is 0 Å². The Bertz CT molecular complexity index is 445. The predicted octanol–water partition coefficient (Wildman–Crippen LogP) is -2.74. The van der Waals surface area contributed by atoms with Crippen LogP contribution in [-0.2, 0) is 20.8 Å². The van der Waals surface area contributed by atoms with Crippen LogP contribution in [0.5, 0.6) is 0 Å². The summed E-state index contributed by atoms with van der Waals surface area (Å²) in [4.78, 5) is 40.2. The maximum Gasteiger partial charge on any atom is 0.239 e. The molecule has 1 rings (SSSR count). The number of nitrogens with one attached hydrogen (secondary N) is 4. The van der Waals surface area contributed by atoms with Crippen LogP contribution in [0.4, 0.5) is 0 Å². The molecule has 20 heavy (non-hydrogen) atoms. The van der Waals surface area contributed by atoms with Crippen molar-refractivity contribution in [3.63, 3.8) is 0 Å². The molecule has 1 heterocycles. The van der Waals surface area contributed by atoms with Crippen LogP contribution < -0.4 is 21.7 Å². The van der Waals surface area contributed by atoms with Crippen molar-refractivity contribution in [2.24, 2.45) is 5.73 Å². The minimum atomic E-state index is -0.449. The van der Waals surface area contributed by atoms with Crippen molar-refractivity contribution in [3.05, 3.63) is 18.2 Å². The van der Waals surface area contributed by atoms with Crippen LogP contribution in [0, 0.1) is 0 Å². The van der Waals surface area contributed by atoms with Crippen LogP contribution in [0.2, 0.25) is 0 Å². The first-order valence-electron chi connectivity index (χ1n) is 6.09. The van der Waals surface area contributed by atoms with E-state index in [1.807, 2.05) is 0 Å². The zero-order valence-electron chi connectivity index (χ0n) is 10.9. The SMILES string of the molecule is NCC(=O)NCC(=O)NCC(=O)NCCc1cnc[nH]1. The first-order valence-corrected chi connectivity index (χ1v) is 6.09. The summed E-state index contributed by atoms with van der Waals surface area (Å²) in [7, 11) is 0. The number of imidazole rings is 1. The van der Waals surface area contributed by atoms with Gasteiger partial charge >= 0.3 is 0 Å². The molecule has 0 radical (unpaired) electrons. The van der Waals surface area contributed by atoms with E-state index in [2.05, 4.69) is 25.9 Å². The quantitative estimate of drug-likeness (QED) is 0.351. The van der Waals surface area contributed by atoms with Crippen molar-refractivity contribution in [2.45, 2.75) is 6.42 Å². The number of hydrogen-bond donors (Lipinski definition) is 5. The fourth-order valence-corrected chi connectivity index (χ4v) is 1.31. The van der Waals surface area contributed by atoms with Gasteiger partial charge in [0.05, 0.1) is 26.0 Å². The number of nitrogens with zero attached hydrogens (tertiary/aromatic N) is 1. The number of aromatic nitrogens is 2. The van der Waals surface area contributed by atoms with Gasteiger partial charge in [0.15, 0.2) is 0 Å². The monoisotopic (exact) mass is 282 g/mol. The van der Waals surface area contributed by atoms with Gasteiger partial charge in [-0.05, 0) is 0 Å². The van der Waals surface area contributed by atoms with Crippen molar-refractivity contribution in [1.82, 2.24) is 25.9 Å². The summed E-state index contributed by atoms with van der Waals surface area (Å²) in [6, 6.07) is 0. The summed E-state index contributed by atoms with van der Waals surface area (Å²) in [6.07, 6.45) is 3.87. The second kappa shape index (κ2) is 8.64. The molecule has 0 fully saturated rings. The standard InChI is InChI=1S/C11H18N6O3/c12-3-9(18)15-6-11(20)16-5-10(19)14-2-1-8-4-13-7-17-8/h4,7H,1-3,5-6,12H2,(H,13,17)(H,14,19)(H,15,18)(H,16,20). The van der Waals surface area contributed by atoms with Gasteiger partial charge in [-0.3, -0.25) is 14.4 Å². The van der Waals surface area contributed by atoms with Crippen LogP contribution in [0.3, 0.4) is 0 Å². The van der Waals surface area contributed by atoms with Gasteiger partial charge in [-0.1, -0.05) is 0 Å². The number of amides is 3. The molecule has 0 bridgehead atoms. The number of carbonyl (C=O) groups is 3. The fraction of sp³-hybridized carbons (Fsp3) is 0.455. The lowest BCUT2D eigenvalue weighted by Gasteiger charge is -2.07. The third-order valence-electron chi connectivity index (χ3n) is 2.35. The highest BCUT2D eigenvalue weighted by molar-refractivity contribution is 5.88. The molecule has 0 aliphatic heterocycles. The molecule has 110 valence electrons. The third-order valence-corrected chi connectivity index (χ3v) is 2.35. The van der Waals surface area contributed by atoms with Gasteiger partial charge in [0.2, 0.25) is 17.7 Å². The first kappa shape index (κ1) is 15.6. The van der Waals surface area contributed by atoms with Crippen LogP contribution in [-0.4, -0.2) is 53.9 Å².